The third-order valence-corrected chi connectivity index (χ3v) is 5.04. The molecular formula is C17H28O4. The minimum atomic E-state index is -0.759. The molecule has 0 unspecified atom stereocenters. The average molecular weight is 296 g/mol. The largest absolute Gasteiger partial charge is 0.375 e. The van der Waals surface area contributed by atoms with E-state index in [1.807, 2.05) is 6.92 Å². The Balaban J connectivity index is 1.57. The normalized spacial score (nSPS) is 40.3. The van der Waals surface area contributed by atoms with Crippen molar-refractivity contribution in [3.63, 3.8) is 0 Å². The molecule has 4 heteroatoms. The summed E-state index contributed by atoms with van der Waals surface area (Å²) in [6.45, 7) is 7.93. The highest BCUT2D eigenvalue weighted by Gasteiger charge is 2.54. The standard InChI is InChI=1S/C17H28O4/c1-3-17-16(18-4-2)10-14(15(21-17)12-20-17)19-11-13-8-6-5-7-9-13/h3,13-16H,1,4-12H2,2H3/t14-,15+,16+,17+/m0/s1. The van der Waals surface area contributed by atoms with Gasteiger partial charge in [0.1, 0.15) is 12.2 Å². The maximum absolute atomic E-state index is 6.20. The molecule has 0 aromatic heterocycles. The molecule has 0 N–H and O–H groups in total. The van der Waals surface area contributed by atoms with Gasteiger partial charge in [-0.1, -0.05) is 25.8 Å². The van der Waals surface area contributed by atoms with Crippen LogP contribution in [0.5, 0.6) is 0 Å². The van der Waals surface area contributed by atoms with E-state index >= 15 is 0 Å². The molecule has 0 aromatic carbocycles. The molecular weight excluding hydrogens is 268 g/mol. The summed E-state index contributed by atoms with van der Waals surface area (Å²) in [7, 11) is 0. The summed E-state index contributed by atoms with van der Waals surface area (Å²) in [6, 6.07) is 0. The second-order valence-corrected chi connectivity index (χ2v) is 6.45. The molecule has 4 atom stereocenters. The van der Waals surface area contributed by atoms with Crippen LogP contribution in [0, 0.1) is 5.92 Å². The highest BCUT2D eigenvalue weighted by atomic mass is 16.8. The molecule has 2 heterocycles. The molecule has 1 saturated carbocycles. The van der Waals surface area contributed by atoms with E-state index in [4.69, 9.17) is 18.9 Å². The molecule has 2 bridgehead atoms. The predicted molar refractivity (Wildman–Crippen MR) is 80.1 cm³/mol. The lowest BCUT2D eigenvalue weighted by Crippen LogP contribution is -2.52. The smallest absolute Gasteiger partial charge is 0.215 e. The Morgan fingerprint density at radius 2 is 2.05 bits per heavy atom. The van der Waals surface area contributed by atoms with Crippen LogP contribution in [0.2, 0.25) is 0 Å². The van der Waals surface area contributed by atoms with Crippen LogP contribution in [0.3, 0.4) is 0 Å². The van der Waals surface area contributed by atoms with E-state index in [9.17, 15) is 0 Å². The topological polar surface area (TPSA) is 36.9 Å². The van der Waals surface area contributed by atoms with Crippen LogP contribution in [0.1, 0.15) is 45.4 Å². The van der Waals surface area contributed by atoms with Gasteiger partial charge in [-0.25, -0.2) is 0 Å². The zero-order valence-corrected chi connectivity index (χ0v) is 13.1. The Kier molecular flexibility index (Phi) is 4.99. The first kappa shape index (κ1) is 15.5. The molecule has 3 aliphatic rings. The first-order valence-electron chi connectivity index (χ1n) is 8.46. The zero-order valence-electron chi connectivity index (χ0n) is 13.1. The Labute approximate surface area is 127 Å². The van der Waals surface area contributed by atoms with Gasteiger partial charge in [0.05, 0.1) is 12.7 Å². The Hall–Kier alpha value is -0.420. The number of fused-ring (bicyclic) bond motifs is 2. The molecule has 0 amide bonds. The summed E-state index contributed by atoms with van der Waals surface area (Å²) in [5.41, 5.74) is 0. The summed E-state index contributed by atoms with van der Waals surface area (Å²) in [6.07, 6.45) is 9.25. The van der Waals surface area contributed by atoms with E-state index in [0.29, 0.717) is 13.2 Å². The van der Waals surface area contributed by atoms with E-state index in [0.717, 1.165) is 18.9 Å². The number of hydrogen-bond donors (Lipinski definition) is 0. The average Bonchev–Trinajstić information content (AvgIpc) is 2.91. The fourth-order valence-corrected chi connectivity index (χ4v) is 3.81. The SMILES string of the molecule is C=C[C@@]12OC[C@@H](O1)[C@@H](OCC1CCCCC1)C[C@H]2OCC. The van der Waals surface area contributed by atoms with E-state index < -0.39 is 5.79 Å². The molecule has 3 fully saturated rings. The molecule has 0 radical (unpaired) electrons. The van der Waals surface area contributed by atoms with Crippen molar-refractivity contribution in [3.8, 4) is 0 Å². The van der Waals surface area contributed by atoms with Gasteiger partial charge in [-0.05, 0) is 31.8 Å². The first-order chi connectivity index (χ1) is 10.3. The number of rotatable bonds is 6. The van der Waals surface area contributed by atoms with Crippen molar-refractivity contribution in [1.29, 1.82) is 0 Å². The van der Waals surface area contributed by atoms with E-state index in [1.165, 1.54) is 32.1 Å². The maximum Gasteiger partial charge on any atom is 0.215 e. The summed E-state index contributed by atoms with van der Waals surface area (Å²) in [4.78, 5) is 0. The molecule has 3 rings (SSSR count). The monoisotopic (exact) mass is 296 g/mol. The van der Waals surface area contributed by atoms with Crippen molar-refractivity contribution in [1.82, 2.24) is 0 Å². The summed E-state index contributed by atoms with van der Waals surface area (Å²) < 4.78 is 23.9. The minimum absolute atomic E-state index is 0.0169. The molecule has 120 valence electrons. The number of ether oxygens (including phenoxy) is 4. The minimum Gasteiger partial charge on any atom is -0.375 e. The molecule has 0 spiro atoms. The van der Waals surface area contributed by atoms with Crippen LogP contribution in [-0.4, -0.2) is 43.9 Å². The lowest BCUT2D eigenvalue weighted by Gasteiger charge is -2.40. The molecule has 21 heavy (non-hydrogen) atoms. The Morgan fingerprint density at radius 3 is 2.76 bits per heavy atom. The van der Waals surface area contributed by atoms with Crippen LogP contribution in [0.4, 0.5) is 0 Å². The zero-order chi connectivity index (χ0) is 14.7. The van der Waals surface area contributed by atoms with Crippen molar-refractivity contribution < 1.29 is 18.9 Å². The molecule has 1 aliphatic carbocycles. The van der Waals surface area contributed by atoms with Gasteiger partial charge in [-0.15, -0.1) is 0 Å². The highest BCUT2D eigenvalue weighted by Crippen LogP contribution is 2.40. The van der Waals surface area contributed by atoms with Gasteiger partial charge in [-0.2, -0.15) is 0 Å². The molecule has 2 saturated heterocycles. The third-order valence-electron chi connectivity index (χ3n) is 5.04. The second kappa shape index (κ2) is 6.78. The van der Waals surface area contributed by atoms with Gasteiger partial charge in [0.25, 0.3) is 0 Å². The predicted octanol–water partition coefficient (Wildman–Crippen LogP) is 3.06. The molecule has 4 nitrogen and oxygen atoms in total. The first-order valence-corrected chi connectivity index (χ1v) is 8.46. The lowest BCUT2D eigenvalue weighted by atomic mass is 9.90. The van der Waals surface area contributed by atoms with Crippen LogP contribution >= 0.6 is 0 Å². The van der Waals surface area contributed by atoms with Crippen LogP contribution in [-0.2, 0) is 18.9 Å². The van der Waals surface area contributed by atoms with Crippen molar-refractivity contribution in [2.45, 2.75) is 69.5 Å². The quantitative estimate of drug-likeness (QED) is 0.706. The fraction of sp³-hybridized carbons (Fsp3) is 0.882. The van der Waals surface area contributed by atoms with Gasteiger partial charge >= 0.3 is 0 Å². The van der Waals surface area contributed by atoms with Gasteiger partial charge < -0.3 is 18.9 Å². The van der Waals surface area contributed by atoms with Crippen LogP contribution < -0.4 is 0 Å². The summed E-state index contributed by atoms with van der Waals surface area (Å²) >= 11 is 0. The van der Waals surface area contributed by atoms with E-state index in [1.54, 1.807) is 6.08 Å². The van der Waals surface area contributed by atoms with E-state index in [2.05, 4.69) is 6.58 Å². The van der Waals surface area contributed by atoms with Crippen molar-refractivity contribution in [2.24, 2.45) is 5.92 Å². The Bertz CT molecular complexity index is 353. The second-order valence-electron chi connectivity index (χ2n) is 6.45. The van der Waals surface area contributed by atoms with Crippen molar-refractivity contribution in [2.75, 3.05) is 19.8 Å². The van der Waals surface area contributed by atoms with Crippen molar-refractivity contribution in [3.05, 3.63) is 12.7 Å². The molecule has 2 aliphatic heterocycles. The highest BCUT2D eigenvalue weighted by molar-refractivity contribution is 5.06. The number of hydrogen-bond acceptors (Lipinski definition) is 4. The summed E-state index contributed by atoms with van der Waals surface area (Å²) in [5, 5.41) is 0. The Morgan fingerprint density at radius 1 is 1.24 bits per heavy atom. The van der Waals surface area contributed by atoms with Gasteiger partial charge in [-0.3, -0.25) is 0 Å². The van der Waals surface area contributed by atoms with Gasteiger partial charge in [0.2, 0.25) is 5.79 Å². The fourth-order valence-electron chi connectivity index (χ4n) is 3.81. The maximum atomic E-state index is 6.20. The summed E-state index contributed by atoms with van der Waals surface area (Å²) in [5.74, 6) is -0.0385. The van der Waals surface area contributed by atoms with Crippen LogP contribution in [0.25, 0.3) is 0 Å². The van der Waals surface area contributed by atoms with Crippen molar-refractivity contribution >= 4 is 0 Å². The van der Waals surface area contributed by atoms with Crippen LogP contribution in [0.15, 0.2) is 12.7 Å². The van der Waals surface area contributed by atoms with E-state index in [-0.39, 0.29) is 18.3 Å². The van der Waals surface area contributed by atoms with Gasteiger partial charge in [0.15, 0.2) is 0 Å². The lowest BCUT2D eigenvalue weighted by molar-refractivity contribution is -0.252. The third kappa shape index (κ3) is 3.19. The molecule has 0 aromatic rings. The van der Waals surface area contributed by atoms with Gasteiger partial charge in [0, 0.05) is 19.6 Å².